The molecule has 2 heteroatoms. The van der Waals surface area contributed by atoms with Crippen molar-refractivity contribution in [1.29, 1.82) is 0 Å². The first-order valence-electron chi connectivity index (χ1n) is 10.2. The molecule has 1 saturated heterocycles. The Bertz CT molecular complexity index is 970. The van der Waals surface area contributed by atoms with Crippen LogP contribution in [0.15, 0.2) is 48.5 Å². The van der Waals surface area contributed by atoms with Crippen LogP contribution in [-0.4, -0.2) is 11.1 Å². The van der Waals surface area contributed by atoms with Crippen LogP contribution in [0.3, 0.4) is 0 Å². The van der Waals surface area contributed by atoms with Gasteiger partial charge >= 0.3 is 0 Å². The number of fused-ring (bicyclic) bond motifs is 2. The van der Waals surface area contributed by atoms with Crippen LogP contribution in [0.25, 0.3) is 21.5 Å². The zero-order valence-electron chi connectivity index (χ0n) is 17.1. The first-order valence-corrected chi connectivity index (χ1v) is 11.0. The Morgan fingerprint density at radius 3 is 1.85 bits per heavy atom. The van der Waals surface area contributed by atoms with Crippen molar-refractivity contribution in [3.63, 3.8) is 0 Å². The second-order valence-electron chi connectivity index (χ2n) is 9.79. The molecule has 1 N–H and O–H groups in total. The summed E-state index contributed by atoms with van der Waals surface area (Å²) in [6.07, 6.45) is 4.67. The molecule has 4 rings (SSSR count). The SMILES string of the molecule is CC1(C)CC(Cc2ccc3cc4cc(CP)ccc4cc3c2)CC(C)(C)N1. The zero-order valence-corrected chi connectivity index (χ0v) is 18.3. The quantitative estimate of drug-likeness (QED) is 0.407. The van der Waals surface area contributed by atoms with Crippen LogP contribution in [0, 0.1) is 5.92 Å². The Balaban J connectivity index is 1.64. The number of hydrogen-bond donors (Lipinski definition) is 1. The van der Waals surface area contributed by atoms with Gasteiger partial charge in [-0.25, -0.2) is 0 Å². The molecule has 27 heavy (non-hydrogen) atoms. The average molecular weight is 378 g/mol. The van der Waals surface area contributed by atoms with Gasteiger partial charge in [0, 0.05) is 11.1 Å². The van der Waals surface area contributed by atoms with Crippen LogP contribution in [-0.2, 0) is 12.6 Å². The fourth-order valence-corrected chi connectivity index (χ4v) is 5.62. The van der Waals surface area contributed by atoms with Crippen LogP contribution >= 0.6 is 9.24 Å². The molecule has 0 aromatic heterocycles. The van der Waals surface area contributed by atoms with Gasteiger partial charge in [-0.2, -0.15) is 0 Å². The number of nitrogens with one attached hydrogen (secondary N) is 1. The van der Waals surface area contributed by atoms with Crippen molar-refractivity contribution in [3.8, 4) is 0 Å². The maximum absolute atomic E-state index is 3.81. The van der Waals surface area contributed by atoms with Crippen molar-refractivity contribution < 1.29 is 0 Å². The highest BCUT2D eigenvalue weighted by molar-refractivity contribution is 7.15. The Morgan fingerprint density at radius 1 is 0.778 bits per heavy atom. The summed E-state index contributed by atoms with van der Waals surface area (Å²) in [6.45, 7) is 9.38. The molecule has 142 valence electrons. The Morgan fingerprint density at radius 2 is 1.30 bits per heavy atom. The molecule has 0 aliphatic carbocycles. The lowest BCUT2D eigenvalue weighted by Crippen LogP contribution is -2.58. The lowest BCUT2D eigenvalue weighted by atomic mass is 9.74. The third-order valence-corrected chi connectivity index (χ3v) is 6.43. The zero-order chi connectivity index (χ0) is 19.2. The number of rotatable bonds is 3. The van der Waals surface area contributed by atoms with Crippen molar-refractivity contribution in [2.45, 2.75) is 64.2 Å². The fraction of sp³-hybridized carbons (Fsp3) is 0.440. The molecule has 3 aromatic rings. The van der Waals surface area contributed by atoms with E-state index in [0.717, 1.165) is 12.1 Å². The second kappa shape index (κ2) is 6.87. The maximum Gasteiger partial charge on any atom is 0.0132 e. The van der Waals surface area contributed by atoms with Gasteiger partial charge in [-0.3, -0.25) is 0 Å². The van der Waals surface area contributed by atoms with E-state index in [0.29, 0.717) is 0 Å². The molecular formula is C25H32NP. The van der Waals surface area contributed by atoms with E-state index in [-0.39, 0.29) is 11.1 Å². The van der Waals surface area contributed by atoms with E-state index in [9.17, 15) is 0 Å². The van der Waals surface area contributed by atoms with Crippen LogP contribution in [0.2, 0.25) is 0 Å². The minimum absolute atomic E-state index is 0.217. The number of hydrogen-bond acceptors (Lipinski definition) is 1. The van der Waals surface area contributed by atoms with E-state index >= 15 is 0 Å². The van der Waals surface area contributed by atoms with Crippen molar-refractivity contribution in [2.75, 3.05) is 0 Å². The molecule has 1 unspecified atom stereocenters. The third kappa shape index (κ3) is 4.20. The summed E-state index contributed by atoms with van der Waals surface area (Å²) in [4.78, 5) is 0. The van der Waals surface area contributed by atoms with Crippen molar-refractivity contribution >= 4 is 30.8 Å². The third-order valence-electron chi connectivity index (χ3n) is 5.96. The van der Waals surface area contributed by atoms with E-state index in [1.54, 1.807) is 0 Å². The summed E-state index contributed by atoms with van der Waals surface area (Å²) in [5.74, 6) is 0.735. The van der Waals surface area contributed by atoms with Gasteiger partial charge in [0.1, 0.15) is 0 Å². The molecule has 3 aromatic carbocycles. The Hall–Kier alpha value is -1.43. The first kappa shape index (κ1) is 18.9. The van der Waals surface area contributed by atoms with E-state index in [2.05, 4.69) is 90.8 Å². The molecule has 0 spiro atoms. The predicted octanol–water partition coefficient (Wildman–Crippen LogP) is 6.47. The van der Waals surface area contributed by atoms with Gasteiger partial charge in [0.2, 0.25) is 0 Å². The van der Waals surface area contributed by atoms with Gasteiger partial charge in [-0.05, 0) is 104 Å². The first-order chi connectivity index (χ1) is 12.7. The molecule has 1 aliphatic heterocycles. The van der Waals surface area contributed by atoms with E-state index in [4.69, 9.17) is 0 Å². The Labute approximate surface area is 166 Å². The summed E-state index contributed by atoms with van der Waals surface area (Å²) in [5.41, 5.74) is 3.28. The fourth-order valence-electron chi connectivity index (χ4n) is 5.36. The minimum Gasteiger partial charge on any atom is -0.307 e. The predicted molar refractivity (Wildman–Crippen MR) is 123 cm³/mol. The van der Waals surface area contributed by atoms with Gasteiger partial charge in [0.25, 0.3) is 0 Å². The van der Waals surface area contributed by atoms with Crippen LogP contribution in [0.5, 0.6) is 0 Å². The monoisotopic (exact) mass is 377 g/mol. The minimum atomic E-state index is 0.217. The molecule has 1 nitrogen and oxygen atoms in total. The standard InChI is InChI=1S/C25H32NP/c1-24(2)14-19(15-25(3,4)26-24)9-17-5-7-20-13-23-11-18(16-27)6-8-21(23)12-22(20)10-17/h5-8,10-13,19,26H,9,14-16,27H2,1-4H3. The average Bonchev–Trinajstić information content (AvgIpc) is 2.56. The summed E-state index contributed by atoms with van der Waals surface area (Å²) in [7, 11) is 2.82. The summed E-state index contributed by atoms with van der Waals surface area (Å²) in [6, 6.07) is 18.6. The van der Waals surface area contributed by atoms with Crippen molar-refractivity contribution in [3.05, 3.63) is 59.7 Å². The lowest BCUT2D eigenvalue weighted by molar-refractivity contribution is 0.128. The Kier molecular flexibility index (Phi) is 4.81. The highest BCUT2D eigenvalue weighted by Gasteiger charge is 2.37. The van der Waals surface area contributed by atoms with Crippen LogP contribution in [0.4, 0.5) is 0 Å². The topological polar surface area (TPSA) is 12.0 Å². The van der Waals surface area contributed by atoms with Crippen molar-refractivity contribution in [2.24, 2.45) is 5.92 Å². The smallest absolute Gasteiger partial charge is 0.0132 e. The van der Waals surface area contributed by atoms with Gasteiger partial charge in [0.15, 0.2) is 0 Å². The van der Waals surface area contributed by atoms with E-state index in [1.165, 1.54) is 51.9 Å². The largest absolute Gasteiger partial charge is 0.307 e. The van der Waals surface area contributed by atoms with E-state index in [1.807, 2.05) is 0 Å². The molecule has 1 fully saturated rings. The molecule has 1 atom stereocenters. The molecule has 1 aliphatic rings. The summed E-state index contributed by atoms with van der Waals surface area (Å²) < 4.78 is 0. The molecular weight excluding hydrogens is 345 g/mol. The normalized spacial score (nSPS) is 19.6. The summed E-state index contributed by atoms with van der Waals surface area (Å²) >= 11 is 0. The molecule has 1 heterocycles. The van der Waals surface area contributed by atoms with Gasteiger partial charge in [-0.15, -0.1) is 9.24 Å². The second-order valence-corrected chi connectivity index (χ2v) is 10.2. The highest BCUT2D eigenvalue weighted by atomic mass is 31.0. The maximum atomic E-state index is 3.81. The number of piperidine rings is 1. The van der Waals surface area contributed by atoms with Crippen LogP contribution < -0.4 is 5.32 Å². The van der Waals surface area contributed by atoms with Crippen molar-refractivity contribution in [1.82, 2.24) is 5.32 Å². The molecule has 0 amide bonds. The summed E-state index contributed by atoms with van der Waals surface area (Å²) in [5, 5.41) is 9.20. The molecule has 0 radical (unpaired) electrons. The van der Waals surface area contributed by atoms with Gasteiger partial charge in [0.05, 0.1) is 0 Å². The van der Waals surface area contributed by atoms with Gasteiger partial charge < -0.3 is 5.32 Å². The molecule has 0 bridgehead atoms. The molecule has 0 saturated carbocycles. The lowest BCUT2D eigenvalue weighted by Gasteiger charge is -2.46. The number of benzene rings is 3. The highest BCUT2D eigenvalue weighted by Crippen LogP contribution is 2.35. The van der Waals surface area contributed by atoms with Gasteiger partial charge in [-0.1, -0.05) is 36.4 Å². The van der Waals surface area contributed by atoms with E-state index < -0.39 is 0 Å². The van der Waals surface area contributed by atoms with Crippen LogP contribution in [0.1, 0.15) is 51.7 Å².